The quantitative estimate of drug-likeness (QED) is 0.385. The van der Waals surface area contributed by atoms with Gasteiger partial charge in [-0.05, 0) is 55.8 Å². The zero-order valence-electron chi connectivity index (χ0n) is 18.6. The van der Waals surface area contributed by atoms with Crippen molar-refractivity contribution in [3.8, 4) is 23.0 Å². The van der Waals surface area contributed by atoms with E-state index in [9.17, 15) is 9.59 Å². The largest absolute Gasteiger partial charge is 0.395 e. The van der Waals surface area contributed by atoms with Crippen molar-refractivity contribution < 1.29 is 9.90 Å². The standard InChI is InChI=1S/C24H28N6O3/c1-2-11-29(13-14-31)12-3-10-26-23(32)20-8-9-22(27-16-20)30-24(33)21(17-28-30)19-6-4-18(15-25)5-7-19/h4-9,16-17,28,31H,2-3,10-14H2,1H3,(H,26,32). The number of aromatic nitrogens is 3. The lowest BCUT2D eigenvalue weighted by Crippen LogP contribution is -2.32. The third kappa shape index (κ3) is 6.16. The monoisotopic (exact) mass is 448 g/mol. The number of hydrogen-bond acceptors (Lipinski definition) is 6. The number of carbonyl (C=O) groups is 1. The van der Waals surface area contributed by atoms with E-state index < -0.39 is 0 Å². The third-order valence-corrected chi connectivity index (χ3v) is 5.23. The van der Waals surface area contributed by atoms with Gasteiger partial charge in [-0.25, -0.2) is 9.67 Å². The minimum atomic E-state index is -0.274. The third-order valence-electron chi connectivity index (χ3n) is 5.23. The van der Waals surface area contributed by atoms with E-state index in [0.717, 1.165) is 25.9 Å². The molecular weight excluding hydrogens is 420 g/mol. The fraction of sp³-hybridized carbons (Fsp3) is 0.333. The number of nitriles is 1. The van der Waals surface area contributed by atoms with Gasteiger partial charge in [-0.1, -0.05) is 19.1 Å². The molecule has 3 aromatic rings. The van der Waals surface area contributed by atoms with E-state index in [0.29, 0.717) is 41.2 Å². The van der Waals surface area contributed by atoms with Crippen LogP contribution in [0.25, 0.3) is 16.9 Å². The predicted molar refractivity (Wildman–Crippen MR) is 125 cm³/mol. The van der Waals surface area contributed by atoms with Crippen LogP contribution in [0.3, 0.4) is 0 Å². The summed E-state index contributed by atoms with van der Waals surface area (Å²) < 4.78 is 1.30. The lowest BCUT2D eigenvalue weighted by molar-refractivity contribution is 0.0950. The second kappa shape index (κ2) is 11.8. The first-order chi connectivity index (χ1) is 16.1. The van der Waals surface area contributed by atoms with Crippen molar-refractivity contribution in [1.82, 2.24) is 25.0 Å². The second-order valence-electron chi connectivity index (χ2n) is 7.60. The average Bonchev–Trinajstić information content (AvgIpc) is 3.23. The van der Waals surface area contributed by atoms with Crippen LogP contribution in [0.1, 0.15) is 35.7 Å². The highest BCUT2D eigenvalue weighted by Crippen LogP contribution is 2.16. The number of rotatable bonds is 11. The van der Waals surface area contributed by atoms with Crippen LogP contribution in [0.4, 0.5) is 0 Å². The van der Waals surface area contributed by atoms with Gasteiger partial charge in [0.25, 0.3) is 11.5 Å². The molecule has 0 aliphatic rings. The second-order valence-corrected chi connectivity index (χ2v) is 7.60. The lowest BCUT2D eigenvalue weighted by Gasteiger charge is -2.20. The minimum Gasteiger partial charge on any atom is -0.395 e. The van der Waals surface area contributed by atoms with E-state index >= 15 is 0 Å². The number of aromatic amines is 1. The van der Waals surface area contributed by atoms with Crippen molar-refractivity contribution in [3.05, 3.63) is 70.3 Å². The Labute approximate surface area is 192 Å². The molecule has 9 nitrogen and oxygen atoms in total. The van der Waals surface area contributed by atoms with Crippen molar-refractivity contribution in [1.29, 1.82) is 5.26 Å². The van der Waals surface area contributed by atoms with Crippen molar-refractivity contribution in [2.24, 2.45) is 0 Å². The number of nitrogens with one attached hydrogen (secondary N) is 2. The molecule has 1 amide bonds. The maximum atomic E-state index is 12.8. The number of aliphatic hydroxyl groups is 1. The van der Waals surface area contributed by atoms with Crippen LogP contribution in [-0.2, 0) is 0 Å². The SMILES string of the molecule is CCCN(CCO)CCCNC(=O)c1ccc(-n2[nH]cc(-c3ccc(C#N)cc3)c2=O)nc1. The summed E-state index contributed by atoms with van der Waals surface area (Å²) >= 11 is 0. The maximum Gasteiger partial charge on any atom is 0.280 e. The Morgan fingerprint density at radius 3 is 2.64 bits per heavy atom. The molecule has 0 bridgehead atoms. The number of benzene rings is 1. The van der Waals surface area contributed by atoms with E-state index in [1.165, 1.54) is 10.9 Å². The number of nitrogens with zero attached hydrogens (tertiary/aromatic N) is 4. The molecule has 0 saturated heterocycles. The minimum absolute atomic E-state index is 0.128. The summed E-state index contributed by atoms with van der Waals surface area (Å²) in [6, 6.07) is 12.0. The molecule has 0 aliphatic heterocycles. The Kier molecular flexibility index (Phi) is 8.52. The summed E-state index contributed by atoms with van der Waals surface area (Å²) in [6.07, 6.45) is 4.83. The van der Waals surface area contributed by atoms with Gasteiger partial charge in [0.15, 0.2) is 5.82 Å². The number of H-pyrrole nitrogens is 1. The van der Waals surface area contributed by atoms with E-state index in [4.69, 9.17) is 10.4 Å². The molecule has 172 valence electrons. The first kappa shape index (κ1) is 23.9. The van der Waals surface area contributed by atoms with E-state index in [-0.39, 0.29) is 18.1 Å². The summed E-state index contributed by atoms with van der Waals surface area (Å²) in [7, 11) is 0. The highest BCUT2D eigenvalue weighted by Gasteiger charge is 2.12. The van der Waals surface area contributed by atoms with Crippen LogP contribution in [-0.4, -0.2) is 63.5 Å². The highest BCUT2D eigenvalue weighted by atomic mass is 16.3. The van der Waals surface area contributed by atoms with Crippen LogP contribution in [0.2, 0.25) is 0 Å². The molecular formula is C24H28N6O3. The van der Waals surface area contributed by atoms with E-state index in [1.54, 1.807) is 42.6 Å². The van der Waals surface area contributed by atoms with Crippen molar-refractivity contribution >= 4 is 5.91 Å². The van der Waals surface area contributed by atoms with Gasteiger partial charge in [0.2, 0.25) is 0 Å². The summed E-state index contributed by atoms with van der Waals surface area (Å²) in [5, 5.41) is 23.8. The van der Waals surface area contributed by atoms with Gasteiger partial charge in [0.05, 0.1) is 29.4 Å². The summed E-state index contributed by atoms with van der Waals surface area (Å²) in [5.74, 6) is 0.144. The van der Waals surface area contributed by atoms with Crippen LogP contribution in [0, 0.1) is 11.3 Å². The molecule has 0 radical (unpaired) electrons. The van der Waals surface area contributed by atoms with Gasteiger partial charge in [0, 0.05) is 25.5 Å². The fourth-order valence-corrected chi connectivity index (χ4v) is 3.52. The topological polar surface area (TPSA) is 127 Å². The number of hydrogen-bond donors (Lipinski definition) is 3. The Morgan fingerprint density at radius 1 is 1.21 bits per heavy atom. The average molecular weight is 449 g/mol. The molecule has 0 spiro atoms. The number of pyridine rings is 1. The molecule has 2 aromatic heterocycles. The zero-order chi connectivity index (χ0) is 23.6. The number of aliphatic hydroxyl groups excluding tert-OH is 1. The Hall–Kier alpha value is -3.74. The van der Waals surface area contributed by atoms with Crippen LogP contribution in [0.5, 0.6) is 0 Å². The summed E-state index contributed by atoms with van der Waals surface area (Å²) in [4.78, 5) is 31.6. The normalized spacial score (nSPS) is 10.8. The zero-order valence-corrected chi connectivity index (χ0v) is 18.6. The van der Waals surface area contributed by atoms with Crippen molar-refractivity contribution in [2.45, 2.75) is 19.8 Å². The first-order valence-electron chi connectivity index (χ1n) is 11.0. The molecule has 0 atom stereocenters. The molecule has 9 heteroatoms. The molecule has 3 rings (SSSR count). The van der Waals surface area contributed by atoms with Gasteiger partial charge >= 0.3 is 0 Å². The van der Waals surface area contributed by atoms with Gasteiger partial charge in [0.1, 0.15) is 0 Å². The Balaban J connectivity index is 1.60. The predicted octanol–water partition coefficient (Wildman–Crippen LogP) is 1.92. The van der Waals surface area contributed by atoms with E-state index in [2.05, 4.69) is 33.3 Å². The fourth-order valence-electron chi connectivity index (χ4n) is 3.52. The number of amides is 1. The lowest BCUT2D eigenvalue weighted by atomic mass is 10.1. The summed E-state index contributed by atoms with van der Waals surface area (Å²) in [5.41, 5.74) is 1.81. The molecule has 0 fully saturated rings. The van der Waals surface area contributed by atoms with Gasteiger partial charge in [-0.2, -0.15) is 5.26 Å². The van der Waals surface area contributed by atoms with Crippen LogP contribution >= 0.6 is 0 Å². The van der Waals surface area contributed by atoms with Crippen molar-refractivity contribution in [2.75, 3.05) is 32.8 Å². The molecule has 2 heterocycles. The smallest absolute Gasteiger partial charge is 0.280 e. The molecule has 0 saturated carbocycles. The summed E-state index contributed by atoms with van der Waals surface area (Å²) in [6.45, 7) is 5.11. The molecule has 0 unspecified atom stereocenters. The molecule has 0 aliphatic carbocycles. The molecule has 33 heavy (non-hydrogen) atoms. The van der Waals surface area contributed by atoms with Crippen molar-refractivity contribution in [3.63, 3.8) is 0 Å². The van der Waals surface area contributed by atoms with Gasteiger partial charge < -0.3 is 15.3 Å². The highest BCUT2D eigenvalue weighted by molar-refractivity contribution is 5.93. The van der Waals surface area contributed by atoms with Gasteiger partial charge in [-0.3, -0.25) is 14.7 Å². The first-order valence-corrected chi connectivity index (χ1v) is 11.0. The maximum absolute atomic E-state index is 12.8. The van der Waals surface area contributed by atoms with Crippen LogP contribution < -0.4 is 10.9 Å². The Morgan fingerprint density at radius 2 is 2.00 bits per heavy atom. The van der Waals surface area contributed by atoms with Crippen LogP contribution in [0.15, 0.2) is 53.6 Å². The van der Waals surface area contributed by atoms with Gasteiger partial charge in [-0.15, -0.1) is 0 Å². The molecule has 3 N–H and O–H groups in total. The molecule has 1 aromatic carbocycles. The van der Waals surface area contributed by atoms with E-state index in [1.807, 2.05) is 0 Å². The Bertz CT molecular complexity index is 1140. The number of carbonyl (C=O) groups excluding carboxylic acids is 1.